The molecule has 0 atom stereocenters. The molecule has 0 saturated carbocycles. The van der Waals surface area contributed by atoms with E-state index in [-0.39, 0.29) is 10.8 Å². The fourth-order valence-electron chi connectivity index (χ4n) is 8.09. The molecule has 5 aromatic carbocycles. The van der Waals surface area contributed by atoms with E-state index in [1.165, 1.54) is 44.5 Å². The van der Waals surface area contributed by atoms with Crippen molar-refractivity contribution in [1.82, 2.24) is 0 Å². The summed E-state index contributed by atoms with van der Waals surface area (Å²) in [5, 5.41) is 0. The van der Waals surface area contributed by atoms with E-state index in [1.807, 2.05) is 0 Å². The maximum Gasteiger partial charge on any atom is -0.0238 e. The topological polar surface area (TPSA) is 0 Å². The molecule has 54 heavy (non-hydrogen) atoms. The first-order chi connectivity index (χ1) is 25.7. The second-order valence-corrected chi connectivity index (χ2v) is 27.4. The van der Waals surface area contributed by atoms with Crippen LogP contribution in [0.3, 0.4) is 0 Å². The SMILES string of the molecule is CC(C)/[C](c1ccc(C(C)C)cc1)=[Hf](\[C]1=CC=CC1)[CH]1c2cc(C(C)(C)C)ccc2-c2ccc(C(C)(C)C)cc21.c1ccc(CCc2ccccc2)cc1. The Bertz CT molecular complexity index is 2020. The molecule has 0 aromatic heterocycles. The Kier molecular flexibility index (Phi) is 12.6. The summed E-state index contributed by atoms with van der Waals surface area (Å²) < 4.78 is 4.04. The Morgan fingerprint density at radius 1 is 0.611 bits per heavy atom. The van der Waals surface area contributed by atoms with E-state index in [0.29, 0.717) is 15.5 Å². The minimum absolute atomic E-state index is 0.127. The van der Waals surface area contributed by atoms with E-state index in [0.717, 1.165) is 19.3 Å². The maximum absolute atomic E-state index is 2.75. The fourth-order valence-corrected chi connectivity index (χ4v) is 21.9. The zero-order chi connectivity index (χ0) is 38.6. The van der Waals surface area contributed by atoms with Crippen LogP contribution < -0.4 is 0 Å². The molecule has 0 heterocycles. The van der Waals surface area contributed by atoms with Gasteiger partial charge in [-0.2, -0.15) is 0 Å². The average Bonchev–Trinajstić information content (AvgIpc) is 3.80. The van der Waals surface area contributed by atoms with Crippen molar-refractivity contribution in [2.75, 3.05) is 0 Å². The van der Waals surface area contributed by atoms with Crippen LogP contribution in [0.25, 0.3) is 11.1 Å². The van der Waals surface area contributed by atoms with E-state index in [4.69, 9.17) is 0 Å². The molecule has 278 valence electrons. The van der Waals surface area contributed by atoms with Crippen molar-refractivity contribution in [3.05, 3.63) is 187 Å². The van der Waals surface area contributed by atoms with Gasteiger partial charge in [0.05, 0.1) is 0 Å². The van der Waals surface area contributed by atoms with Gasteiger partial charge in [-0.25, -0.2) is 0 Å². The summed E-state index contributed by atoms with van der Waals surface area (Å²) >= 11 is -2.75. The minimum atomic E-state index is -2.75. The van der Waals surface area contributed by atoms with Crippen LogP contribution in [0.1, 0.15) is 130 Å². The third-order valence-corrected chi connectivity index (χ3v) is 24.6. The molecule has 0 radical (unpaired) electrons. The van der Waals surface area contributed by atoms with Crippen molar-refractivity contribution in [3.8, 4) is 11.1 Å². The third kappa shape index (κ3) is 9.22. The third-order valence-electron chi connectivity index (χ3n) is 11.3. The monoisotopic (exact) mass is 878 g/mol. The minimum Gasteiger partial charge on any atom is -0.0622 e. The van der Waals surface area contributed by atoms with Gasteiger partial charge in [-0.15, -0.1) is 0 Å². The first-order valence-electron chi connectivity index (χ1n) is 20.3. The Balaban J connectivity index is 0.000000297. The molecule has 0 unspecified atom stereocenters. The van der Waals surface area contributed by atoms with E-state index in [2.05, 4.69) is 209 Å². The van der Waals surface area contributed by atoms with Crippen LogP contribution in [0.4, 0.5) is 0 Å². The van der Waals surface area contributed by atoms with Gasteiger partial charge in [0, 0.05) is 0 Å². The molecule has 1 heteroatoms. The van der Waals surface area contributed by atoms with Crippen LogP contribution in [0.2, 0.25) is 0 Å². The van der Waals surface area contributed by atoms with E-state index in [1.54, 1.807) is 17.7 Å². The number of benzene rings is 5. The summed E-state index contributed by atoms with van der Waals surface area (Å²) in [6.45, 7) is 23.6. The molecule has 5 aromatic rings. The van der Waals surface area contributed by atoms with Crippen molar-refractivity contribution < 1.29 is 21.0 Å². The molecule has 0 fully saturated rings. The molecule has 0 aliphatic heterocycles. The number of hydrogen-bond acceptors (Lipinski definition) is 0. The summed E-state index contributed by atoms with van der Waals surface area (Å²) in [6, 6.07) is 45.8. The first kappa shape index (κ1) is 40.0. The molecule has 0 saturated heterocycles. The van der Waals surface area contributed by atoms with Gasteiger partial charge in [0.15, 0.2) is 0 Å². The number of aryl methyl sites for hydroxylation is 2. The van der Waals surface area contributed by atoms with Crippen molar-refractivity contribution in [2.24, 2.45) is 5.92 Å². The van der Waals surface area contributed by atoms with Gasteiger partial charge in [0.25, 0.3) is 0 Å². The summed E-state index contributed by atoms with van der Waals surface area (Å²) in [4.78, 5) is 0. The van der Waals surface area contributed by atoms with Gasteiger partial charge >= 0.3 is 253 Å². The van der Waals surface area contributed by atoms with Crippen molar-refractivity contribution >= 4 is 3.26 Å². The molecule has 0 spiro atoms. The second-order valence-electron chi connectivity index (χ2n) is 18.1. The zero-order valence-electron chi connectivity index (χ0n) is 34.6. The number of rotatable bonds is 8. The van der Waals surface area contributed by atoms with Crippen LogP contribution >= 0.6 is 0 Å². The van der Waals surface area contributed by atoms with Crippen molar-refractivity contribution in [1.29, 1.82) is 0 Å². The van der Waals surface area contributed by atoms with E-state index >= 15 is 0 Å². The van der Waals surface area contributed by atoms with Gasteiger partial charge in [-0.3, -0.25) is 0 Å². The maximum atomic E-state index is 2.60. The molecule has 2 aliphatic carbocycles. The molecule has 0 bridgehead atoms. The Morgan fingerprint density at radius 3 is 1.48 bits per heavy atom. The van der Waals surface area contributed by atoms with Gasteiger partial charge in [0.2, 0.25) is 0 Å². The first-order valence-corrected chi connectivity index (χ1v) is 26.0. The van der Waals surface area contributed by atoms with Gasteiger partial charge in [-0.1, -0.05) is 60.7 Å². The second kappa shape index (κ2) is 17.0. The molecule has 0 amide bonds. The summed E-state index contributed by atoms with van der Waals surface area (Å²) in [5.41, 5.74) is 15.1. The van der Waals surface area contributed by atoms with Gasteiger partial charge in [-0.05, 0) is 24.0 Å². The molecule has 0 N–H and O–H groups in total. The van der Waals surface area contributed by atoms with Crippen LogP contribution in [-0.2, 0) is 44.6 Å². The normalized spacial score (nSPS) is 14.4. The number of fused-ring (bicyclic) bond motifs is 3. The summed E-state index contributed by atoms with van der Waals surface area (Å²) in [5.74, 6) is 1.08. The quantitative estimate of drug-likeness (QED) is 0.136. The average molecular weight is 878 g/mol. The van der Waals surface area contributed by atoms with Crippen LogP contribution in [0, 0.1) is 5.92 Å². The van der Waals surface area contributed by atoms with Crippen molar-refractivity contribution in [3.63, 3.8) is 0 Å². The molecule has 2 aliphatic rings. The van der Waals surface area contributed by atoms with Crippen LogP contribution in [0.15, 0.2) is 143 Å². The van der Waals surface area contributed by atoms with Crippen LogP contribution in [-0.4, -0.2) is 3.26 Å². The molecule has 0 nitrogen and oxygen atoms in total. The standard InChI is InChI=1S/C21H25.C14H14.C13H18.C5H5.Hf/c1-20(2,3)16-7-9-18-14(12-16)11-15-13-17(21(4,5)6)8-10-19(15)18;1-3-7-13(8-4-1)11-12-14-9-5-2-6-10-14;1-10(2)9-12-5-7-13(8-6-12)11(3)4;1-2-4-5-3-1;/h7-13H,1-6H3;1-10H,11-12H2;5-8,10-11H,1-4H3;1-3H,4H2;. The largest absolute Gasteiger partial charge is 0.0622 e. The zero-order valence-corrected chi connectivity index (χ0v) is 38.2. The number of allylic oxidation sites excluding steroid dienone is 4. The Labute approximate surface area is 335 Å². The molecular formula is C53H62Hf. The fraction of sp³-hybridized carbons (Fsp3) is 0.340. The molecular weight excluding hydrogens is 815 g/mol. The molecule has 7 rings (SSSR count). The predicted octanol–water partition coefficient (Wildman–Crippen LogP) is 14.3. The summed E-state index contributed by atoms with van der Waals surface area (Å²) in [7, 11) is 0. The Morgan fingerprint density at radius 2 is 1.09 bits per heavy atom. The predicted molar refractivity (Wildman–Crippen MR) is 233 cm³/mol. The summed E-state index contributed by atoms with van der Waals surface area (Å²) in [6.07, 6.45) is 10.6. The van der Waals surface area contributed by atoms with E-state index < -0.39 is 21.0 Å². The van der Waals surface area contributed by atoms with Gasteiger partial charge < -0.3 is 0 Å². The van der Waals surface area contributed by atoms with Crippen LogP contribution in [0.5, 0.6) is 0 Å². The Hall–Kier alpha value is -3.68. The van der Waals surface area contributed by atoms with E-state index in [9.17, 15) is 0 Å². The van der Waals surface area contributed by atoms with Crippen molar-refractivity contribution in [2.45, 2.75) is 109 Å². The van der Waals surface area contributed by atoms with Gasteiger partial charge in [0.1, 0.15) is 0 Å². The smallest absolute Gasteiger partial charge is 0.0238 e. The number of hydrogen-bond donors (Lipinski definition) is 0.